The normalized spacial score (nSPS) is 12.4. The number of rotatable bonds is 6. The van der Waals surface area contributed by atoms with Crippen molar-refractivity contribution in [2.24, 2.45) is 5.73 Å². The predicted molar refractivity (Wildman–Crippen MR) is 76.1 cm³/mol. The Hall–Kier alpha value is -1.81. The van der Waals surface area contributed by atoms with Crippen LogP contribution in [0.2, 0.25) is 0 Å². The molecule has 4 heteroatoms. The van der Waals surface area contributed by atoms with Crippen molar-refractivity contribution in [3.8, 4) is 5.75 Å². The molecule has 1 aromatic carbocycles. The molecule has 2 rings (SSSR count). The fourth-order valence-electron chi connectivity index (χ4n) is 2.20. The molecule has 2 aromatic rings. The SMILES string of the molecule is CCOc1ccccc1C(N)Cn1ccnc1CC. The summed E-state index contributed by atoms with van der Waals surface area (Å²) in [5.74, 6) is 1.93. The summed E-state index contributed by atoms with van der Waals surface area (Å²) in [6, 6.07) is 7.86. The number of para-hydroxylation sites is 1. The van der Waals surface area contributed by atoms with Gasteiger partial charge in [0, 0.05) is 30.9 Å². The molecule has 1 aromatic heterocycles. The van der Waals surface area contributed by atoms with Crippen LogP contribution in [0.25, 0.3) is 0 Å². The van der Waals surface area contributed by atoms with Crippen molar-refractivity contribution in [2.45, 2.75) is 32.9 Å². The molecule has 0 amide bonds. The van der Waals surface area contributed by atoms with Gasteiger partial charge in [-0.2, -0.15) is 0 Å². The smallest absolute Gasteiger partial charge is 0.124 e. The van der Waals surface area contributed by atoms with Crippen LogP contribution in [0.15, 0.2) is 36.7 Å². The highest BCUT2D eigenvalue weighted by Gasteiger charge is 2.13. The molecule has 19 heavy (non-hydrogen) atoms. The molecule has 0 aliphatic heterocycles. The quantitative estimate of drug-likeness (QED) is 0.867. The Morgan fingerprint density at radius 1 is 1.32 bits per heavy atom. The van der Waals surface area contributed by atoms with Crippen LogP contribution in [0.1, 0.15) is 31.3 Å². The Morgan fingerprint density at radius 3 is 2.84 bits per heavy atom. The molecule has 1 atom stereocenters. The number of aryl methyl sites for hydroxylation is 1. The second-order valence-electron chi connectivity index (χ2n) is 4.43. The number of hydrogen-bond donors (Lipinski definition) is 1. The van der Waals surface area contributed by atoms with Crippen LogP contribution < -0.4 is 10.5 Å². The number of benzene rings is 1. The lowest BCUT2D eigenvalue weighted by Gasteiger charge is -2.18. The van der Waals surface area contributed by atoms with E-state index in [4.69, 9.17) is 10.5 Å². The van der Waals surface area contributed by atoms with Crippen molar-refractivity contribution in [3.05, 3.63) is 48.0 Å². The van der Waals surface area contributed by atoms with Crippen LogP contribution in [-0.4, -0.2) is 16.2 Å². The van der Waals surface area contributed by atoms with Gasteiger partial charge in [0.1, 0.15) is 11.6 Å². The first kappa shape index (κ1) is 13.6. The van der Waals surface area contributed by atoms with Crippen LogP contribution in [0, 0.1) is 0 Å². The van der Waals surface area contributed by atoms with Gasteiger partial charge in [-0.15, -0.1) is 0 Å². The molecule has 0 saturated heterocycles. The standard InChI is InChI=1S/C15H21N3O/c1-3-15-17-9-10-18(15)11-13(16)12-7-5-6-8-14(12)19-4-2/h5-10,13H,3-4,11,16H2,1-2H3. The summed E-state index contributed by atoms with van der Waals surface area (Å²) < 4.78 is 7.73. The summed E-state index contributed by atoms with van der Waals surface area (Å²) >= 11 is 0. The summed E-state index contributed by atoms with van der Waals surface area (Å²) in [7, 11) is 0. The molecule has 0 saturated carbocycles. The second-order valence-corrected chi connectivity index (χ2v) is 4.43. The molecule has 0 aliphatic rings. The summed E-state index contributed by atoms with van der Waals surface area (Å²) in [6.45, 7) is 5.44. The van der Waals surface area contributed by atoms with Crippen molar-refractivity contribution in [2.75, 3.05) is 6.61 Å². The number of hydrogen-bond acceptors (Lipinski definition) is 3. The summed E-state index contributed by atoms with van der Waals surface area (Å²) in [6.07, 6.45) is 4.70. The third-order valence-electron chi connectivity index (χ3n) is 3.13. The largest absolute Gasteiger partial charge is 0.494 e. The lowest BCUT2D eigenvalue weighted by molar-refractivity contribution is 0.332. The first-order chi connectivity index (χ1) is 9.26. The van der Waals surface area contributed by atoms with Crippen molar-refractivity contribution >= 4 is 0 Å². The third kappa shape index (κ3) is 3.15. The van der Waals surface area contributed by atoms with Crippen LogP contribution >= 0.6 is 0 Å². The molecule has 0 aliphatic carbocycles. The molecular weight excluding hydrogens is 238 g/mol. The zero-order chi connectivity index (χ0) is 13.7. The highest BCUT2D eigenvalue weighted by atomic mass is 16.5. The van der Waals surface area contributed by atoms with E-state index in [-0.39, 0.29) is 6.04 Å². The lowest BCUT2D eigenvalue weighted by Crippen LogP contribution is -2.19. The zero-order valence-electron chi connectivity index (χ0n) is 11.5. The van der Waals surface area contributed by atoms with E-state index in [1.807, 2.05) is 43.6 Å². The van der Waals surface area contributed by atoms with Crippen molar-refractivity contribution in [3.63, 3.8) is 0 Å². The molecule has 1 heterocycles. The van der Waals surface area contributed by atoms with E-state index in [9.17, 15) is 0 Å². The average Bonchev–Trinajstić information content (AvgIpc) is 2.87. The van der Waals surface area contributed by atoms with Gasteiger partial charge in [-0.05, 0) is 13.0 Å². The average molecular weight is 259 g/mol. The number of imidazole rings is 1. The Morgan fingerprint density at radius 2 is 2.11 bits per heavy atom. The van der Waals surface area contributed by atoms with Gasteiger partial charge in [-0.1, -0.05) is 25.1 Å². The van der Waals surface area contributed by atoms with Gasteiger partial charge in [0.2, 0.25) is 0 Å². The van der Waals surface area contributed by atoms with E-state index in [0.717, 1.165) is 23.6 Å². The van der Waals surface area contributed by atoms with E-state index in [1.165, 1.54) is 0 Å². The van der Waals surface area contributed by atoms with Crippen LogP contribution in [0.5, 0.6) is 5.75 Å². The molecule has 2 N–H and O–H groups in total. The van der Waals surface area contributed by atoms with Crippen LogP contribution in [0.3, 0.4) is 0 Å². The zero-order valence-corrected chi connectivity index (χ0v) is 11.5. The van der Waals surface area contributed by atoms with Gasteiger partial charge in [0.15, 0.2) is 0 Å². The summed E-state index contributed by atoms with van der Waals surface area (Å²) in [5, 5.41) is 0. The molecule has 0 fully saturated rings. The fraction of sp³-hybridized carbons (Fsp3) is 0.400. The van der Waals surface area contributed by atoms with Gasteiger partial charge in [0.05, 0.1) is 12.6 Å². The Kier molecular flexibility index (Phi) is 4.58. The Labute approximate surface area is 114 Å². The number of nitrogens with two attached hydrogens (primary N) is 1. The number of nitrogens with zero attached hydrogens (tertiary/aromatic N) is 2. The van der Waals surface area contributed by atoms with Gasteiger partial charge < -0.3 is 15.0 Å². The minimum atomic E-state index is -0.0951. The van der Waals surface area contributed by atoms with E-state index in [0.29, 0.717) is 13.2 Å². The lowest BCUT2D eigenvalue weighted by atomic mass is 10.1. The monoisotopic (exact) mass is 259 g/mol. The Bertz CT molecular complexity index is 522. The number of ether oxygens (including phenoxy) is 1. The van der Waals surface area contributed by atoms with Gasteiger partial charge in [-0.3, -0.25) is 0 Å². The maximum atomic E-state index is 6.31. The first-order valence-electron chi connectivity index (χ1n) is 6.73. The Balaban J connectivity index is 2.18. The maximum absolute atomic E-state index is 6.31. The van der Waals surface area contributed by atoms with Gasteiger partial charge in [-0.25, -0.2) is 4.98 Å². The molecule has 0 radical (unpaired) electrons. The first-order valence-corrected chi connectivity index (χ1v) is 6.73. The van der Waals surface area contributed by atoms with Crippen LogP contribution in [-0.2, 0) is 13.0 Å². The highest BCUT2D eigenvalue weighted by Crippen LogP contribution is 2.25. The van der Waals surface area contributed by atoms with Gasteiger partial charge >= 0.3 is 0 Å². The molecular formula is C15H21N3O. The van der Waals surface area contributed by atoms with Crippen molar-refractivity contribution < 1.29 is 4.74 Å². The van der Waals surface area contributed by atoms with Gasteiger partial charge in [0.25, 0.3) is 0 Å². The van der Waals surface area contributed by atoms with Crippen molar-refractivity contribution in [1.82, 2.24) is 9.55 Å². The topological polar surface area (TPSA) is 53.1 Å². The fourth-order valence-corrected chi connectivity index (χ4v) is 2.20. The molecule has 0 bridgehead atoms. The highest BCUT2D eigenvalue weighted by molar-refractivity contribution is 5.35. The van der Waals surface area contributed by atoms with E-state index in [2.05, 4.69) is 16.5 Å². The molecule has 4 nitrogen and oxygen atoms in total. The minimum absolute atomic E-state index is 0.0951. The summed E-state index contributed by atoms with van der Waals surface area (Å²) in [5.41, 5.74) is 7.35. The second kappa shape index (κ2) is 6.38. The maximum Gasteiger partial charge on any atom is 0.124 e. The minimum Gasteiger partial charge on any atom is -0.494 e. The molecule has 1 unspecified atom stereocenters. The van der Waals surface area contributed by atoms with Crippen molar-refractivity contribution in [1.29, 1.82) is 0 Å². The third-order valence-corrected chi connectivity index (χ3v) is 3.13. The number of aromatic nitrogens is 2. The predicted octanol–water partition coefficient (Wildman–Crippen LogP) is 2.54. The molecule has 0 spiro atoms. The van der Waals surface area contributed by atoms with Crippen LogP contribution in [0.4, 0.5) is 0 Å². The summed E-state index contributed by atoms with van der Waals surface area (Å²) in [4.78, 5) is 4.32. The molecule has 102 valence electrons. The van der Waals surface area contributed by atoms with E-state index in [1.54, 1.807) is 0 Å². The van der Waals surface area contributed by atoms with E-state index >= 15 is 0 Å². The van der Waals surface area contributed by atoms with E-state index < -0.39 is 0 Å².